The van der Waals surface area contributed by atoms with Crippen molar-refractivity contribution in [3.05, 3.63) is 24.0 Å². The molecule has 2 atom stereocenters. The van der Waals surface area contributed by atoms with E-state index < -0.39 is 5.91 Å². The molecule has 1 aromatic heterocycles. The molecule has 0 radical (unpaired) electrons. The van der Waals surface area contributed by atoms with E-state index >= 15 is 0 Å². The number of aliphatic hydroxyl groups is 1. The van der Waals surface area contributed by atoms with Gasteiger partial charge in [-0.1, -0.05) is 26.3 Å². The van der Waals surface area contributed by atoms with Crippen molar-refractivity contribution < 1.29 is 9.90 Å². The van der Waals surface area contributed by atoms with Crippen molar-refractivity contribution in [2.24, 2.45) is 5.73 Å². The molecule has 126 valence electrons. The smallest absolute Gasteiger partial charge is 0.254 e. The van der Waals surface area contributed by atoms with Crippen LogP contribution in [-0.2, 0) is 0 Å². The molecule has 1 aliphatic rings. The van der Waals surface area contributed by atoms with Crippen LogP contribution in [0.25, 0.3) is 0 Å². The van der Waals surface area contributed by atoms with Crippen molar-refractivity contribution >= 4 is 17.7 Å². The van der Waals surface area contributed by atoms with Gasteiger partial charge in [-0.3, -0.25) is 4.79 Å². The third-order valence-corrected chi connectivity index (χ3v) is 4.01. The minimum Gasteiger partial charge on any atom is -0.393 e. The van der Waals surface area contributed by atoms with Gasteiger partial charge in [0, 0.05) is 17.9 Å². The normalized spacial score (nSPS) is 21.3. The third kappa shape index (κ3) is 4.92. The Hall–Kier alpha value is -2.15. The molecular formula is C16H25N5O2. The number of amides is 1. The highest BCUT2D eigenvalue weighted by Crippen LogP contribution is 2.23. The van der Waals surface area contributed by atoms with Crippen LogP contribution in [0.4, 0.5) is 11.8 Å². The highest BCUT2D eigenvalue weighted by molar-refractivity contribution is 5.97. The number of aliphatic hydroxyl groups excluding tert-OH is 1. The molecule has 7 nitrogen and oxygen atoms in total. The van der Waals surface area contributed by atoms with E-state index in [-0.39, 0.29) is 17.7 Å². The highest BCUT2D eigenvalue weighted by atomic mass is 16.3. The van der Waals surface area contributed by atoms with Crippen molar-refractivity contribution in [2.45, 2.75) is 57.6 Å². The fourth-order valence-corrected chi connectivity index (χ4v) is 2.64. The van der Waals surface area contributed by atoms with Crippen molar-refractivity contribution in [1.29, 1.82) is 0 Å². The van der Waals surface area contributed by atoms with Crippen LogP contribution in [0.5, 0.6) is 0 Å². The van der Waals surface area contributed by atoms with Crippen LogP contribution in [0.1, 0.15) is 55.8 Å². The van der Waals surface area contributed by atoms with Gasteiger partial charge in [0.2, 0.25) is 5.95 Å². The molecule has 1 saturated carbocycles. The molecule has 1 aromatic rings. The molecule has 1 aliphatic carbocycles. The summed E-state index contributed by atoms with van der Waals surface area (Å²) < 4.78 is 0. The zero-order valence-corrected chi connectivity index (χ0v) is 13.5. The molecule has 5 N–H and O–H groups in total. The van der Waals surface area contributed by atoms with Gasteiger partial charge in [-0.15, -0.1) is 0 Å². The Morgan fingerprint density at radius 1 is 1.48 bits per heavy atom. The number of rotatable bonds is 6. The summed E-state index contributed by atoms with van der Waals surface area (Å²) >= 11 is 0. The first-order valence-electron chi connectivity index (χ1n) is 8.05. The van der Waals surface area contributed by atoms with E-state index in [4.69, 9.17) is 5.73 Å². The number of primary amides is 1. The number of hydrogen-bond acceptors (Lipinski definition) is 6. The monoisotopic (exact) mass is 319 g/mol. The average Bonchev–Trinajstić information content (AvgIpc) is 2.71. The first-order chi connectivity index (χ1) is 11.0. The Morgan fingerprint density at radius 3 is 2.91 bits per heavy atom. The van der Waals surface area contributed by atoms with E-state index in [9.17, 15) is 9.90 Å². The Labute approximate surface area is 136 Å². The first kappa shape index (κ1) is 17.2. The van der Waals surface area contributed by atoms with E-state index in [1.165, 1.54) is 6.20 Å². The number of aromatic nitrogens is 2. The summed E-state index contributed by atoms with van der Waals surface area (Å²) in [5, 5.41) is 16.2. The van der Waals surface area contributed by atoms with Crippen LogP contribution in [0.15, 0.2) is 18.5 Å². The molecule has 1 fully saturated rings. The van der Waals surface area contributed by atoms with E-state index in [2.05, 4.69) is 27.2 Å². The van der Waals surface area contributed by atoms with Crippen LogP contribution >= 0.6 is 0 Å². The van der Waals surface area contributed by atoms with Crippen molar-refractivity contribution in [2.75, 3.05) is 10.6 Å². The Balaban J connectivity index is 2.20. The first-order valence-corrected chi connectivity index (χ1v) is 8.05. The molecule has 0 aromatic carbocycles. The second kappa shape index (κ2) is 7.92. The van der Waals surface area contributed by atoms with Gasteiger partial charge >= 0.3 is 0 Å². The number of allylic oxidation sites excluding steroid dienone is 1. The number of nitrogens with two attached hydrogens (primary N) is 1. The van der Waals surface area contributed by atoms with Gasteiger partial charge in [0.15, 0.2) is 0 Å². The quantitative estimate of drug-likeness (QED) is 0.597. The van der Waals surface area contributed by atoms with Crippen LogP contribution in [0.2, 0.25) is 0 Å². The SMILES string of the molecule is C=C(CC)Nc1ncc(C(N)=O)c(N[C@@H]2CCCC[C@H](O)C2)n1. The lowest BCUT2D eigenvalue weighted by Gasteiger charge is -2.20. The summed E-state index contributed by atoms with van der Waals surface area (Å²) in [7, 11) is 0. The summed E-state index contributed by atoms with van der Waals surface area (Å²) in [5.74, 6) is 0.194. The number of nitrogens with zero attached hydrogens (tertiary/aromatic N) is 2. The van der Waals surface area contributed by atoms with Gasteiger partial charge in [0.1, 0.15) is 5.82 Å². The maximum Gasteiger partial charge on any atom is 0.254 e. The molecule has 23 heavy (non-hydrogen) atoms. The van der Waals surface area contributed by atoms with Gasteiger partial charge < -0.3 is 21.5 Å². The van der Waals surface area contributed by atoms with Gasteiger partial charge in [0.05, 0.1) is 11.7 Å². The summed E-state index contributed by atoms with van der Waals surface area (Å²) in [5.41, 5.74) is 6.44. The van der Waals surface area contributed by atoms with Gasteiger partial charge in [-0.25, -0.2) is 4.98 Å². The third-order valence-electron chi connectivity index (χ3n) is 4.01. The lowest BCUT2D eigenvalue weighted by atomic mass is 10.1. The molecule has 0 bridgehead atoms. The predicted octanol–water partition coefficient (Wildman–Crippen LogP) is 2.02. The molecule has 0 spiro atoms. The maximum absolute atomic E-state index is 11.6. The van der Waals surface area contributed by atoms with Gasteiger partial charge in [0.25, 0.3) is 5.91 Å². The number of anilines is 2. The Morgan fingerprint density at radius 2 is 2.22 bits per heavy atom. The lowest BCUT2D eigenvalue weighted by Crippen LogP contribution is -2.26. The number of nitrogens with one attached hydrogen (secondary N) is 2. The standard InChI is InChI=1S/C16H25N5O2/c1-3-10(2)19-16-18-9-13(14(17)23)15(21-16)20-11-6-4-5-7-12(22)8-11/h9,11-12,22H,2-8H2,1H3,(H2,17,23)(H2,18,19,20,21)/t11-,12+/m1/s1. The minimum absolute atomic E-state index is 0.0581. The molecule has 7 heteroatoms. The summed E-state index contributed by atoms with van der Waals surface area (Å²) in [6.45, 7) is 5.83. The largest absolute Gasteiger partial charge is 0.393 e. The fraction of sp³-hybridized carbons (Fsp3) is 0.562. The summed E-state index contributed by atoms with van der Waals surface area (Å²) in [6.07, 6.45) is 6.24. The summed E-state index contributed by atoms with van der Waals surface area (Å²) in [4.78, 5) is 20.1. The second-order valence-electron chi connectivity index (χ2n) is 5.92. The number of hydrogen-bond donors (Lipinski definition) is 4. The zero-order valence-electron chi connectivity index (χ0n) is 13.5. The van der Waals surface area contributed by atoms with E-state index in [1.807, 2.05) is 6.92 Å². The highest BCUT2D eigenvalue weighted by Gasteiger charge is 2.21. The molecule has 0 aliphatic heterocycles. The average molecular weight is 319 g/mol. The molecule has 2 rings (SSSR count). The Kier molecular flexibility index (Phi) is 5.92. The molecule has 1 amide bonds. The second-order valence-corrected chi connectivity index (χ2v) is 5.92. The zero-order chi connectivity index (χ0) is 16.8. The number of carbonyl (C=O) groups excluding carboxylic acids is 1. The van der Waals surface area contributed by atoms with Crippen LogP contribution in [0.3, 0.4) is 0 Å². The lowest BCUT2D eigenvalue weighted by molar-refractivity contribution is 0.100. The van der Waals surface area contributed by atoms with Crippen molar-refractivity contribution in [3.63, 3.8) is 0 Å². The molecule has 1 heterocycles. The molecular weight excluding hydrogens is 294 g/mol. The predicted molar refractivity (Wildman–Crippen MR) is 90.1 cm³/mol. The van der Waals surface area contributed by atoms with Gasteiger partial charge in [-0.2, -0.15) is 4.98 Å². The maximum atomic E-state index is 11.6. The topological polar surface area (TPSA) is 113 Å². The van der Waals surface area contributed by atoms with Crippen molar-refractivity contribution in [1.82, 2.24) is 9.97 Å². The molecule has 0 saturated heterocycles. The molecule has 0 unspecified atom stereocenters. The fourth-order valence-electron chi connectivity index (χ4n) is 2.64. The number of carbonyl (C=O) groups is 1. The Bertz CT molecular complexity index is 576. The van der Waals surface area contributed by atoms with E-state index in [0.29, 0.717) is 18.2 Å². The summed E-state index contributed by atoms with van der Waals surface area (Å²) in [6, 6.07) is 0.0581. The van der Waals surface area contributed by atoms with Gasteiger partial charge in [-0.05, 0) is 25.7 Å². The minimum atomic E-state index is -0.581. The van der Waals surface area contributed by atoms with E-state index in [0.717, 1.165) is 37.8 Å². The van der Waals surface area contributed by atoms with Crippen LogP contribution in [0, 0.1) is 0 Å². The van der Waals surface area contributed by atoms with Crippen LogP contribution in [-0.4, -0.2) is 33.1 Å². The van der Waals surface area contributed by atoms with Crippen LogP contribution < -0.4 is 16.4 Å². The van der Waals surface area contributed by atoms with Crippen molar-refractivity contribution in [3.8, 4) is 0 Å². The van der Waals surface area contributed by atoms with E-state index in [1.54, 1.807) is 0 Å².